The van der Waals surface area contributed by atoms with Crippen molar-refractivity contribution in [1.82, 2.24) is 0 Å². The average molecular weight is 372 g/mol. The standard InChI is InChI=1S/C23H16O5/c24-20-13-22(28-21-11-8-17(23(25)26)12-19(20)21)16-6-9-18(10-7-16)27-14-15-4-2-1-3-5-15/h1-13H,14H2,(H,25,26). The van der Waals surface area contributed by atoms with Gasteiger partial charge in [-0.1, -0.05) is 30.3 Å². The van der Waals surface area contributed by atoms with Crippen LogP contribution in [0.4, 0.5) is 0 Å². The predicted molar refractivity (Wildman–Crippen MR) is 106 cm³/mol. The highest BCUT2D eigenvalue weighted by Gasteiger charge is 2.10. The molecule has 0 fully saturated rings. The molecule has 5 nitrogen and oxygen atoms in total. The first-order valence-electron chi connectivity index (χ1n) is 8.68. The number of ether oxygens (including phenoxy) is 1. The molecule has 4 rings (SSSR count). The maximum absolute atomic E-state index is 12.4. The van der Waals surface area contributed by atoms with E-state index in [-0.39, 0.29) is 16.4 Å². The van der Waals surface area contributed by atoms with Crippen LogP contribution in [-0.4, -0.2) is 11.1 Å². The molecule has 0 unspecified atom stereocenters. The molecule has 0 amide bonds. The van der Waals surface area contributed by atoms with E-state index in [0.717, 1.165) is 11.1 Å². The first-order valence-corrected chi connectivity index (χ1v) is 8.68. The Hall–Kier alpha value is -3.86. The van der Waals surface area contributed by atoms with Crippen molar-refractivity contribution in [1.29, 1.82) is 0 Å². The fourth-order valence-corrected chi connectivity index (χ4v) is 2.89. The lowest BCUT2D eigenvalue weighted by atomic mass is 10.1. The molecule has 0 aliphatic rings. The number of aromatic carboxylic acids is 1. The predicted octanol–water partition coefficient (Wildman–Crippen LogP) is 4.74. The molecule has 0 saturated carbocycles. The zero-order valence-electron chi connectivity index (χ0n) is 14.8. The molecular formula is C23H16O5. The van der Waals surface area contributed by atoms with Gasteiger partial charge in [0.25, 0.3) is 0 Å². The summed E-state index contributed by atoms with van der Waals surface area (Å²) in [7, 11) is 0. The van der Waals surface area contributed by atoms with E-state index in [2.05, 4.69) is 0 Å². The van der Waals surface area contributed by atoms with E-state index < -0.39 is 5.97 Å². The molecule has 1 heterocycles. The number of carboxylic acids is 1. The van der Waals surface area contributed by atoms with Gasteiger partial charge in [-0.05, 0) is 48.0 Å². The highest BCUT2D eigenvalue weighted by molar-refractivity contribution is 5.93. The summed E-state index contributed by atoms with van der Waals surface area (Å²) in [5, 5.41) is 9.31. The quantitative estimate of drug-likeness (QED) is 0.548. The number of rotatable bonds is 5. The van der Waals surface area contributed by atoms with Gasteiger partial charge >= 0.3 is 5.97 Å². The van der Waals surface area contributed by atoms with Gasteiger partial charge in [-0.3, -0.25) is 4.79 Å². The van der Waals surface area contributed by atoms with E-state index in [9.17, 15) is 9.59 Å². The molecule has 0 radical (unpaired) electrons. The molecule has 0 spiro atoms. The second-order valence-corrected chi connectivity index (χ2v) is 6.29. The van der Waals surface area contributed by atoms with Gasteiger partial charge in [0, 0.05) is 11.6 Å². The van der Waals surface area contributed by atoms with E-state index in [1.54, 1.807) is 0 Å². The molecule has 0 bridgehead atoms. The third kappa shape index (κ3) is 3.64. The van der Waals surface area contributed by atoms with Crippen molar-refractivity contribution in [2.75, 3.05) is 0 Å². The van der Waals surface area contributed by atoms with E-state index in [1.165, 1.54) is 24.3 Å². The summed E-state index contributed by atoms with van der Waals surface area (Å²) in [6, 6.07) is 22.7. The Labute approximate surface area is 160 Å². The summed E-state index contributed by atoms with van der Waals surface area (Å²) >= 11 is 0. The van der Waals surface area contributed by atoms with Crippen molar-refractivity contribution in [3.63, 3.8) is 0 Å². The fourth-order valence-electron chi connectivity index (χ4n) is 2.89. The van der Waals surface area contributed by atoms with E-state index in [0.29, 0.717) is 23.7 Å². The first kappa shape index (κ1) is 17.5. The van der Waals surface area contributed by atoms with Gasteiger partial charge in [-0.2, -0.15) is 0 Å². The average Bonchev–Trinajstić information content (AvgIpc) is 2.73. The molecule has 28 heavy (non-hydrogen) atoms. The highest BCUT2D eigenvalue weighted by Crippen LogP contribution is 2.25. The van der Waals surface area contributed by atoms with Crippen LogP contribution >= 0.6 is 0 Å². The molecule has 0 saturated heterocycles. The second kappa shape index (κ2) is 7.40. The molecule has 1 N–H and O–H groups in total. The Kier molecular flexibility index (Phi) is 4.64. The summed E-state index contributed by atoms with van der Waals surface area (Å²) in [6.07, 6.45) is 0. The zero-order valence-corrected chi connectivity index (χ0v) is 14.8. The van der Waals surface area contributed by atoms with Crippen LogP contribution in [0.25, 0.3) is 22.3 Å². The van der Waals surface area contributed by atoms with Crippen LogP contribution in [0.5, 0.6) is 5.75 Å². The molecule has 0 atom stereocenters. The van der Waals surface area contributed by atoms with Gasteiger partial charge < -0.3 is 14.3 Å². The maximum atomic E-state index is 12.4. The SMILES string of the molecule is O=C(O)c1ccc2oc(-c3ccc(OCc4ccccc4)cc3)cc(=O)c2c1. The van der Waals surface area contributed by atoms with Crippen molar-refractivity contribution in [2.45, 2.75) is 6.61 Å². The minimum atomic E-state index is -1.09. The number of carbonyl (C=O) groups is 1. The van der Waals surface area contributed by atoms with Crippen LogP contribution in [-0.2, 0) is 6.61 Å². The number of hydrogen-bond donors (Lipinski definition) is 1. The van der Waals surface area contributed by atoms with Crippen LogP contribution in [0.3, 0.4) is 0 Å². The summed E-state index contributed by atoms with van der Waals surface area (Å²) in [5.74, 6) is 0.0356. The molecule has 1 aromatic heterocycles. The monoisotopic (exact) mass is 372 g/mol. The van der Waals surface area contributed by atoms with Crippen LogP contribution in [0.15, 0.2) is 88.1 Å². The first-order chi connectivity index (χ1) is 13.6. The van der Waals surface area contributed by atoms with Gasteiger partial charge in [0.2, 0.25) is 0 Å². The molecular weight excluding hydrogens is 356 g/mol. The van der Waals surface area contributed by atoms with Gasteiger partial charge in [0.05, 0.1) is 10.9 Å². The van der Waals surface area contributed by atoms with Crippen molar-refractivity contribution in [3.8, 4) is 17.1 Å². The van der Waals surface area contributed by atoms with Gasteiger partial charge in [-0.25, -0.2) is 4.79 Å². The van der Waals surface area contributed by atoms with Crippen molar-refractivity contribution >= 4 is 16.9 Å². The van der Waals surface area contributed by atoms with E-state index >= 15 is 0 Å². The zero-order chi connectivity index (χ0) is 19.5. The Morgan fingerprint density at radius 2 is 1.68 bits per heavy atom. The fraction of sp³-hybridized carbons (Fsp3) is 0.0435. The molecule has 3 aromatic carbocycles. The highest BCUT2D eigenvalue weighted by atomic mass is 16.5. The number of benzene rings is 3. The number of fused-ring (bicyclic) bond motifs is 1. The topological polar surface area (TPSA) is 76.7 Å². The van der Waals surface area contributed by atoms with Gasteiger partial charge in [0.15, 0.2) is 5.43 Å². The summed E-state index contributed by atoms with van der Waals surface area (Å²) in [4.78, 5) is 23.5. The minimum Gasteiger partial charge on any atom is -0.489 e. The molecule has 138 valence electrons. The minimum absolute atomic E-state index is 0.0486. The molecule has 4 aromatic rings. The summed E-state index contributed by atoms with van der Waals surface area (Å²) < 4.78 is 11.6. The van der Waals surface area contributed by atoms with Crippen molar-refractivity contribution < 1.29 is 19.1 Å². The van der Waals surface area contributed by atoms with Crippen LogP contribution in [0.2, 0.25) is 0 Å². The largest absolute Gasteiger partial charge is 0.489 e. The lowest BCUT2D eigenvalue weighted by molar-refractivity contribution is 0.0697. The second-order valence-electron chi connectivity index (χ2n) is 6.29. The Bertz CT molecular complexity index is 1190. The number of hydrogen-bond acceptors (Lipinski definition) is 4. The van der Waals surface area contributed by atoms with Crippen molar-refractivity contribution in [2.24, 2.45) is 0 Å². The lowest BCUT2D eigenvalue weighted by Crippen LogP contribution is -2.03. The maximum Gasteiger partial charge on any atom is 0.335 e. The smallest absolute Gasteiger partial charge is 0.335 e. The normalized spacial score (nSPS) is 10.7. The third-order valence-corrected chi connectivity index (χ3v) is 4.36. The Morgan fingerprint density at radius 1 is 0.929 bits per heavy atom. The van der Waals surface area contributed by atoms with Crippen LogP contribution in [0.1, 0.15) is 15.9 Å². The van der Waals surface area contributed by atoms with Gasteiger partial charge in [0.1, 0.15) is 23.7 Å². The molecule has 0 aliphatic carbocycles. The van der Waals surface area contributed by atoms with Crippen LogP contribution in [0, 0.1) is 0 Å². The van der Waals surface area contributed by atoms with E-state index in [1.807, 2.05) is 54.6 Å². The molecule has 5 heteroatoms. The van der Waals surface area contributed by atoms with Crippen molar-refractivity contribution in [3.05, 3.63) is 100 Å². The Morgan fingerprint density at radius 3 is 2.39 bits per heavy atom. The lowest BCUT2D eigenvalue weighted by Gasteiger charge is -2.08. The third-order valence-electron chi connectivity index (χ3n) is 4.36. The summed E-state index contributed by atoms with van der Waals surface area (Å²) in [6.45, 7) is 0.469. The number of carboxylic acid groups (broad SMARTS) is 1. The van der Waals surface area contributed by atoms with Crippen LogP contribution < -0.4 is 10.2 Å². The Balaban J connectivity index is 1.58. The molecule has 0 aliphatic heterocycles. The summed E-state index contributed by atoms with van der Waals surface area (Å²) in [5.41, 5.74) is 1.91. The van der Waals surface area contributed by atoms with E-state index in [4.69, 9.17) is 14.3 Å². The van der Waals surface area contributed by atoms with Gasteiger partial charge in [-0.15, -0.1) is 0 Å².